The molecule has 1 rings (SSSR count). The van der Waals surface area contributed by atoms with E-state index in [-0.39, 0.29) is 6.61 Å². The molecule has 0 bridgehead atoms. The highest BCUT2D eigenvalue weighted by atomic mass is 32.2. The Bertz CT molecular complexity index is 304. The van der Waals surface area contributed by atoms with Gasteiger partial charge in [-0.2, -0.15) is 0 Å². The molecule has 0 amide bonds. The molecule has 0 heterocycles. The summed E-state index contributed by atoms with van der Waals surface area (Å²) in [5, 5.41) is 11.5. The molecule has 0 aromatic carbocycles. The second-order valence-electron chi connectivity index (χ2n) is 4.22. The molecule has 5 nitrogen and oxygen atoms in total. The van der Waals surface area contributed by atoms with Gasteiger partial charge in [-0.25, -0.2) is 8.42 Å². The summed E-state index contributed by atoms with van der Waals surface area (Å²) in [6.07, 6.45) is 3.55. The Hall–Kier alpha value is -0.170. The Morgan fingerprint density at radius 1 is 1.60 bits per heavy atom. The SMILES string of the molecule is CS(=O)(=O)C1CCCC1(CN)NCCO. The molecule has 15 heavy (non-hydrogen) atoms. The Kier molecular flexibility index (Phi) is 4.11. The lowest BCUT2D eigenvalue weighted by Crippen LogP contribution is -2.59. The van der Waals surface area contributed by atoms with E-state index in [1.165, 1.54) is 6.26 Å². The van der Waals surface area contributed by atoms with E-state index >= 15 is 0 Å². The molecule has 0 spiro atoms. The third kappa shape index (κ3) is 2.69. The van der Waals surface area contributed by atoms with Gasteiger partial charge in [-0.05, 0) is 12.8 Å². The van der Waals surface area contributed by atoms with Crippen LogP contribution < -0.4 is 11.1 Å². The third-order valence-corrected chi connectivity index (χ3v) is 4.90. The fraction of sp³-hybridized carbons (Fsp3) is 1.00. The normalized spacial score (nSPS) is 32.1. The maximum Gasteiger partial charge on any atom is 0.152 e. The van der Waals surface area contributed by atoms with Crippen LogP contribution >= 0.6 is 0 Å². The summed E-state index contributed by atoms with van der Waals surface area (Å²) < 4.78 is 23.2. The van der Waals surface area contributed by atoms with Crippen molar-refractivity contribution in [3.05, 3.63) is 0 Å². The van der Waals surface area contributed by atoms with Gasteiger partial charge in [0.15, 0.2) is 9.84 Å². The van der Waals surface area contributed by atoms with Crippen LogP contribution in [-0.2, 0) is 9.84 Å². The number of hydrogen-bond acceptors (Lipinski definition) is 5. The first-order valence-electron chi connectivity index (χ1n) is 5.21. The van der Waals surface area contributed by atoms with Gasteiger partial charge >= 0.3 is 0 Å². The van der Waals surface area contributed by atoms with E-state index in [4.69, 9.17) is 10.8 Å². The number of sulfone groups is 1. The van der Waals surface area contributed by atoms with E-state index in [1.54, 1.807) is 0 Å². The molecule has 1 aliphatic rings. The number of aliphatic hydroxyl groups is 1. The van der Waals surface area contributed by atoms with Crippen LogP contribution in [-0.4, -0.2) is 50.3 Å². The number of aliphatic hydroxyl groups excluding tert-OH is 1. The van der Waals surface area contributed by atoms with Gasteiger partial charge in [-0.1, -0.05) is 6.42 Å². The number of rotatable bonds is 5. The molecule has 0 saturated heterocycles. The molecule has 2 atom stereocenters. The molecule has 1 saturated carbocycles. The Morgan fingerprint density at radius 3 is 2.73 bits per heavy atom. The molecule has 4 N–H and O–H groups in total. The van der Waals surface area contributed by atoms with E-state index in [9.17, 15) is 8.42 Å². The van der Waals surface area contributed by atoms with Crippen molar-refractivity contribution in [2.75, 3.05) is 26.0 Å². The van der Waals surface area contributed by atoms with E-state index in [0.29, 0.717) is 19.5 Å². The molecular formula is C9H20N2O3S. The van der Waals surface area contributed by atoms with Crippen molar-refractivity contribution in [2.24, 2.45) is 5.73 Å². The highest BCUT2D eigenvalue weighted by molar-refractivity contribution is 7.91. The molecule has 0 radical (unpaired) electrons. The Balaban J connectivity index is 2.86. The van der Waals surface area contributed by atoms with Gasteiger partial charge in [0.05, 0.1) is 11.9 Å². The van der Waals surface area contributed by atoms with Crippen LogP contribution in [0.1, 0.15) is 19.3 Å². The Labute approximate surface area is 91.0 Å². The predicted octanol–water partition coefficient (Wildman–Crippen LogP) is -1.14. The second-order valence-corrected chi connectivity index (χ2v) is 6.45. The van der Waals surface area contributed by atoms with E-state index < -0.39 is 20.6 Å². The molecule has 1 aliphatic carbocycles. The van der Waals surface area contributed by atoms with Crippen LogP contribution in [0.4, 0.5) is 0 Å². The van der Waals surface area contributed by atoms with Crippen molar-refractivity contribution in [1.29, 1.82) is 0 Å². The molecule has 0 aromatic rings. The van der Waals surface area contributed by atoms with Crippen molar-refractivity contribution in [3.63, 3.8) is 0 Å². The van der Waals surface area contributed by atoms with E-state index in [0.717, 1.165) is 12.8 Å². The largest absolute Gasteiger partial charge is 0.395 e. The first kappa shape index (κ1) is 12.9. The minimum atomic E-state index is -3.08. The number of nitrogens with one attached hydrogen (secondary N) is 1. The lowest BCUT2D eigenvalue weighted by molar-refractivity contribution is 0.255. The summed E-state index contributed by atoms with van der Waals surface area (Å²) in [5.74, 6) is 0. The quantitative estimate of drug-likeness (QED) is 0.561. The van der Waals surface area contributed by atoms with Gasteiger partial charge in [-0.15, -0.1) is 0 Å². The van der Waals surface area contributed by atoms with Gasteiger partial charge in [0.2, 0.25) is 0 Å². The van der Waals surface area contributed by atoms with Crippen molar-refractivity contribution in [2.45, 2.75) is 30.1 Å². The third-order valence-electron chi connectivity index (χ3n) is 3.18. The zero-order chi connectivity index (χ0) is 11.5. The van der Waals surface area contributed by atoms with E-state index in [1.807, 2.05) is 0 Å². The lowest BCUT2D eigenvalue weighted by Gasteiger charge is -2.34. The summed E-state index contributed by atoms with van der Waals surface area (Å²) in [6.45, 7) is 0.687. The summed E-state index contributed by atoms with van der Waals surface area (Å²) in [7, 11) is -3.08. The molecular weight excluding hydrogens is 216 g/mol. The van der Waals surface area contributed by atoms with Crippen molar-refractivity contribution in [1.82, 2.24) is 5.32 Å². The van der Waals surface area contributed by atoms with Gasteiger partial charge < -0.3 is 16.2 Å². The van der Waals surface area contributed by atoms with E-state index in [2.05, 4.69) is 5.32 Å². The topological polar surface area (TPSA) is 92.4 Å². The average molecular weight is 236 g/mol. The Morgan fingerprint density at radius 2 is 2.27 bits per heavy atom. The smallest absolute Gasteiger partial charge is 0.152 e. The van der Waals surface area contributed by atoms with Crippen molar-refractivity contribution < 1.29 is 13.5 Å². The summed E-state index contributed by atoms with van der Waals surface area (Å²) in [5.41, 5.74) is 5.16. The van der Waals surface area contributed by atoms with Crippen LogP contribution in [0.25, 0.3) is 0 Å². The van der Waals surface area contributed by atoms with Gasteiger partial charge in [-0.3, -0.25) is 0 Å². The number of nitrogens with two attached hydrogens (primary N) is 1. The fourth-order valence-electron chi connectivity index (χ4n) is 2.48. The van der Waals surface area contributed by atoms with Gasteiger partial charge in [0.25, 0.3) is 0 Å². The molecule has 6 heteroatoms. The standard InChI is InChI=1S/C9H20N2O3S/c1-15(13,14)8-3-2-4-9(8,7-10)11-5-6-12/h8,11-12H,2-7,10H2,1H3. The molecule has 2 unspecified atom stereocenters. The molecule has 0 aliphatic heterocycles. The fourth-order valence-corrected chi connectivity index (χ4v) is 4.19. The lowest BCUT2D eigenvalue weighted by atomic mass is 9.97. The zero-order valence-electron chi connectivity index (χ0n) is 9.07. The summed E-state index contributed by atoms with van der Waals surface area (Å²) in [4.78, 5) is 0. The van der Waals surface area contributed by atoms with Gasteiger partial charge in [0, 0.05) is 24.9 Å². The minimum Gasteiger partial charge on any atom is -0.395 e. The predicted molar refractivity (Wildman–Crippen MR) is 59.4 cm³/mol. The first-order valence-corrected chi connectivity index (χ1v) is 7.16. The second kappa shape index (κ2) is 4.78. The van der Waals surface area contributed by atoms with Crippen LogP contribution in [0.3, 0.4) is 0 Å². The summed E-state index contributed by atoms with van der Waals surface area (Å²) in [6, 6.07) is 0. The maximum atomic E-state index is 11.6. The molecule has 0 aromatic heterocycles. The van der Waals surface area contributed by atoms with Crippen LogP contribution in [0, 0.1) is 0 Å². The summed E-state index contributed by atoms with van der Waals surface area (Å²) >= 11 is 0. The van der Waals surface area contributed by atoms with Crippen LogP contribution in [0.5, 0.6) is 0 Å². The van der Waals surface area contributed by atoms with Gasteiger partial charge in [0.1, 0.15) is 0 Å². The maximum absolute atomic E-state index is 11.6. The van der Waals surface area contributed by atoms with Crippen LogP contribution in [0.2, 0.25) is 0 Å². The highest BCUT2D eigenvalue weighted by Crippen LogP contribution is 2.33. The zero-order valence-corrected chi connectivity index (χ0v) is 9.89. The molecule has 1 fully saturated rings. The monoisotopic (exact) mass is 236 g/mol. The minimum absolute atomic E-state index is 0.00175. The van der Waals surface area contributed by atoms with Crippen molar-refractivity contribution in [3.8, 4) is 0 Å². The van der Waals surface area contributed by atoms with Crippen LogP contribution in [0.15, 0.2) is 0 Å². The first-order chi connectivity index (χ1) is 6.96. The average Bonchev–Trinajstić information content (AvgIpc) is 2.58. The molecule has 90 valence electrons. The highest BCUT2D eigenvalue weighted by Gasteiger charge is 2.46. The number of β-amino-alcohol motifs (C(OH)–C–C–N with tert-alkyl or cyclic N) is 1. The number of hydrogen-bond donors (Lipinski definition) is 3. The van der Waals surface area contributed by atoms with Crippen molar-refractivity contribution >= 4 is 9.84 Å².